The van der Waals surface area contributed by atoms with E-state index in [1.807, 2.05) is 28.7 Å². The number of benzene rings is 1. The molecule has 0 aliphatic carbocycles. The maximum Gasteiger partial charge on any atom is 0.344 e. The Kier molecular flexibility index (Phi) is 3.00. The average molecular weight is 314 g/mol. The molecule has 0 unspecified atom stereocenters. The molecule has 1 N–H and O–H groups in total. The summed E-state index contributed by atoms with van der Waals surface area (Å²) in [5.74, 6) is -0.0925. The van der Waals surface area contributed by atoms with Crippen molar-refractivity contribution < 1.29 is 9.53 Å². The number of halogens is 1. The van der Waals surface area contributed by atoms with Crippen LogP contribution in [-0.4, -0.2) is 16.2 Å². The molecule has 2 rings (SSSR count). The van der Waals surface area contributed by atoms with Gasteiger partial charge in [0.05, 0.1) is 9.13 Å². The number of H-pyrrole nitrogens is 1. The van der Waals surface area contributed by atoms with Gasteiger partial charge in [-0.3, -0.25) is 5.10 Å². The van der Waals surface area contributed by atoms with Crippen LogP contribution in [0.3, 0.4) is 0 Å². The van der Waals surface area contributed by atoms with Gasteiger partial charge >= 0.3 is 5.97 Å². The molecule has 4 nitrogen and oxygen atoms in total. The summed E-state index contributed by atoms with van der Waals surface area (Å²) in [5.41, 5.74) is 0.510. The van der Waals surface area contributed by atoms with Crippen LogP contribution >= 0.6 is 22.6 Å². The SMILES string of the molecule is O=C(Oc1n[nH]cc1I)c1ccccc1. The third-order valence-corrected chi connectivity index (χ3v) is 2.53. The highest BCUT2D eigenvalue weighted by Crippen LogP contribution is 2.17. The van der Waals surface area contributed by atoms with Gasteiger partial charge in [-0.1, -0.05) is 18.2 Å². The summed E-state index contributed by atoms with van der Waals surface area (Å²) in [6, 6.07) is 8.80. The van der Waals surface area contributed by atoms with Crippen LogP contribution in [0.4, 0.5) is 0 Å². The molecule has 0 radical (unpaired) electrons. The van der Waals surface area contributed by atoms with Crippen molar-refractivity contribution in [3.05, 3.63) is 45.7 Å². The van der Waals surface area contributed by atoms with Gasteiger partial charge in [-0.15, -0.1) is 5.10 Å². The van der Waals surface area contributed by atoms with Gasteiger partial charge in [-0.25, -0.2) is 4.79 Å². The van der Waals surface area contributed by atoms with E-state index in [0.29, 0.717) is 11.4 Å². The Morgan fingerprint density at radius 2 is 2.07 bits per heavy atom. The zero-order valence-electron chi connectivity index (χ0n) is 7.61. The van der Waals surface area contributed by atoms with Crippen LogP contribution < -0.4 is 4.74 Å². The number of rotatable bonds is 2. The fourth-order valence-electron chi connectivity index (χ4n) is 1.06. The summed E-state index contributed by atoms with van der Waals surface area (Å²) in [4.78, 5) is 11.6. The van der Waals surface area contributed by atoms with Crippen molar-refractivity contribution in [1.29, 1.82) is 0 Å². The molecular formula is C10H7IN2O2. The largest absolute Gasteiger partial charge is 0.401 e. The van der Waals surface area contributed by atoms with Crippen LogP contribution in [0.5, 0.6) is 5.88 Å². The second-order valence-corrected chi connectivity index (χ2v) is 3.96. The molecule has 2 aromatic rings. The van der Waals surface area contributed by atoms with Gasteiger partial charge in [0, 0.05) is 6.20 Å². The standard InChI is InChI=1S/C10H7IN2O2/c11-8-6-12-13-9(8)15-10(14)7-4-2-1-3-5-7/h1-6H,(H,12,13). The van der Waals surface area contributed by atoms with E-state index in [0.717, 1.165) is 3.57 Å². The second-order valence-electron chi connectivity index (χ2n) is 2.79. The third-order valence-electron chi connectivity index (χ3n) is 1.76. The molecule has 1 aromatic carbocycles. The minimum absolute atomic E-state index is 0.310. The normalized spacial score (nSPS) is 9.93. The number of esters is 1. The number of aromatic amines is 1. The highest BCUT2D eigenvalue weighted by molar-refractivity contribution is 14.1. The van der Waals surface area contributed by atoms with Crippen molar-refractivity contribution >= 4 is 28.6 Å². The van der Waals surface area contributed by atoms with Gasteiger partial charge in [-0.2, -0.15) is 0 Å². The summed E-state index contributed by atoms with van der Waals surface area (Å²) in [6.45, 7) is 0. The second kappa shape index (κ2) is 4.43. The maximum absolute atomic E-state index is 11.6. The molecule has 0 saturated carbocycles. The molecule has 0 spiro atoms. The maximum atomic E-state index is 11.6. The Labute approximate surface area is 99.8 Å². The summed E-state index contributed by atoms with van der Waals surface area (Å²) in [5, 5.41) is 6.43. The number of nitrogens with zero attached hydrogens (tertiary/aromatic N) is 1. The Morgan fingerprint density at radius 1 is 1.33 bits per heavy atom. The fourth-order valence-corrected chi connectivity index (χ4v) is 1.43. The van der Waals surface area contributed by atoms with Crippen LogP contribution in [0.1, 0.15) is 10.4 Å². The quantitative estimate of drug-likeness (QED) is 0.683. The van der Waals surface area contributed by atoms with Gasteiger partial charge in [0.2, 0.25) is 0 Å². The number of nitrogens with one attached hydrogen (secondary N) is 1. The Balaban J connectivity index is 2.15. The average Bonchev–Trinajstić information content (AvgIpc) is 2.66. The van der Waals surface area contributed by atoms with E-state index in [4.69, 9.17) is 4.74 Å². The van der Waals surface area contributed by atoms with E-state index in [-0.39, 0.29) is 0 Å². The number of aromatic nitrogens is 2. The zero-order chi connectivity index (χ0) is 10.7. The Morgan fingerprint density at radius 3 is 2.67 bits per heavy atom. The number of hydrogen-bond acceptors (Lipinski definition) is 3. The van der Waals surface area contributed by atoms with Gasteiger partial charge in [0.15, 0.2) is 0 Å². The van der Waals surface area contributed by atoms with Crippen molar-refractivity contribution in [3.8, 4) is 5.88 Å². The van der Waals surface area contributed by atoms with E-state index in [9.17, 15) is 4.79 Å². The number of hydrogen-bond donors (Lipinski definition) is 1. The van der Waals surface area contributed by atoms with Crippen molar-refractivity contribution in [1.82, 2.24) is 10.2 Å². The van der Waals surface area contributed by atoms with Crippen molar-refractivity contribution in [2.24, 2.45) is 0 Å². The lowest BCUT2D eigenvalue weighted by Gasteiger charge is -2.00. The van der Waals surface area contributed by atoms with Crippen molar-refractivity contribution in [2.45, 2.75) is 0 Å². The lowest BCUT2D eigenvalue weighted by atomic mass is 10.2. The molecule has 0 saturated heterocycles. The molecule has 15 heavy (non-hydrogen) atoms. The zero-order valence-corrected chi connectivity index (χ0v) is 9.76. The van der Waals surface area contributed by atoms with E-state index >= 15 is 0 Å². The first kappa shape index (κ1) is 10.2. The van der Waals surface area contributed by atoms with Crippen LogP contribution in [0.25, 0.3) is 0 Å². The van der Waals surface area contributed by atoms with Crippen molar-refractivity contribution in [3.63, 3.8) is 0 Å². The number of carbonyl (C=O) groups is 1. The highest BCUT2D eigenvalue weighted by Gasteiger charge is 2.11. The van der Waals surface area contributed by atoms with E-state index < -0.39 is 5.97 Å². The molecule has 0 aliphatic heterocycles. The minimum Gasteiger partial charge on any atom is -0.401 e. The molecule has 0 atom stereocenters. The molecule has 1 aromatic heterocycles. The first-order valence-corrected chi connectivity index (χ1v) is 5.32. The van der Waals surface area contributed by atoms with E-state index in [2.05, 4.69) is 10.2 Å². The van der Waals surface area contributed by atoms with Crippen LogP contribution in [0.2, 0.25) is 0 Å². The van der Waals surface area contributed by atoms with Crippen LogP contribution in [0.15, 0.2) is 36.5 Å². The summed E-state index contributed by atoms with van der Waals surface area (Å²) < 4.78 is 5.86. The fraction of sp³-hybridized carbons (Fsp3) is 0. The van der Waals surface area contributed by atoms with Gasteiger partial charge in [0.25, 0.3) is 5.88 Å². The van der Waals surface area contributed by atoms with Crippen molar-refractivity contribution in [2.75, 3.05) is 0 Å². The minimum atomic E-state index is -0.402. The molecule has 0 aliphatic rings. The third kappa shape index (κ3) is 2.35. The molecule has 0 fully saturated rings. The smallest absolute Gasteiger partial charge is 0.344 e. The molecule has 1 heterocycles. The topological polar surface area (TPSA) is 55.0 Å². The first-order valence-electron chi connectivity index (χ1n) is 4.24. The number of ether oxygens (including phenoxy) is 1. The molecule has 0 amide bonds. The number of carbonyl (C=O) groups excluding carboxylic acids is 1. The lowest BCUT2D eigenvalue weighted by Crippen LogP contribution is -2.09. The summed E-state index contributed by atoms with van der Waals surface area (Å²) in [6.07, 6.45) is 1.66. The lowest BCUT2D eigenvalue weighted by molar-refractivity contribution is 0.0726. The van der Waals surface area contributed by atoms with Gasteiger partial charge in [-0.05, 0) is 34.7 Å². The first-order chi connectivity index (χ1) is 7.27. The van der Waals surface area contributed by atoms with Crippen LogP contribution in [0, 0.1) is 3.57 Å². The predicted octanol–water partition coefficient (Wildman–Crippen LogP) is 2.23. The van der Waals surface area contributed by atoms with Crippen LogP contribution in [-0.2, 0) is 0 Å². The monoisotopic (exact) mass is 314 g/mol. The van der Waals surface area contributed by atoms with Gasteiger partial charge < -0.3 is 4.74 Å². The molecule has 0 bridgehead atoms. The predicted molar refractivity (Wildman–Crippen MR) is 62.7 cm³/mol. The molecule has 76 valence electrons. The summed E-state index contributed by atoms with van der Waals surface area (Å²) >= 11 is 2.04. The molecule has 5 heteroatoms. The Bertz CT molecular complexity index is 467. The Hall–Kier alpha value is -1.37. The van der Waals surface area contributed by atoms with Gasteiger partial charge in [0.1, 0.15) is 0 Å². The molecular weight excluding hydrogens is 307 g/mol. The van der Waals surface area contributed by atoms with E-state index in [1.54, 1.807) is 30.5 Å². The van der Waals surface area contributed by atoms with E-state index in [1.165, 1.54) is 0 Å². The highest BCUT2D eigenvalue weighted by atomic mass is 127. The summed E-state index contributed by atoms with van der Waals surface area (Å²) in [7, 11) is 0.